The van der Waals surface area contributed by atoms with E-state index in [4.69, 9.17) is 5.26 Å². The first-order chi connectivity index (χ1) is 7.47. The second kappa shape index (κ2) is 5.09. The normalized spacial score (nSPS) is 11.3. The Balaban J connectivity index is 2.68. The number of imidazole rings is 1. The molecular weight excluding hydrogens is 228 g/mol. The Bertz CT molecular complexity index is 479. The van der Waals surface area contributed by atoms with Gasteiger partial charge in [-0.15, -0.1) is 0 Å². The Morgan fingerprint density at radius 3 is 2.81 bits per heavy atom. The smallest absolute Gasteiger partial charge is 0.259 e. The van der Waals surface area contributed by atoms with Crippen LogP contribution in [0.4, 0.5) is 0 Å². The molecule has 0 amide bonds. The molecule has 1 N–H and O–H groups in total. The summed E-state index contributed by atoms with van der Waals surface area (Å²) < 4.78 is 27.4. The quantitative estimate of drug-likeness (QED) is 0.753. The first-order valence-electron chi connectivity index (χ1n) is 4.84. The van der Waals surface area contributed by atoms with E-state index >= 15 is 0 Å². The number of aryl methyl sites for hydroxylation is 2. The SMILES string of the molecule is Cc1nc(S(=O)(=O)NCCCC#N)cn1C. The molecule has 1 aromatic heterocycles. The molecule has 0 atom stereocenters. The lowest BCUT2D eigenvalue weighted by Crippen LogP contribution is -2.25. The summed E-state index contributed by atoms with van der Waals surface area (Å²) in [4.78, 5) is 3.93. The Morgan fingerprint density at radius 1 is 1.62 bits per heavy atom. The van der Waals surface area contributed by atoms with Crippen molar-refractivity contribution in [1.29, 1.82) is 5.26 Å². The Kier molecular flexibility index (Phi) is 4.04. The van der Waals surface area contributed by atoms with E-state index < -0.39 is 10.0 Å². The van der Waals surface area contributed by atoms with Gasteiger partial charge in [-0.2, -0.15) is 5.26 Å². The van der Waals surface area contributed by atoms with Gasteiger partial charge in [0.15, 0.2) is 5.03 Å². The monoisotopic (exact) mass is 242 g/mol. The molecule has 1 heterocycles. The van der Waals surface area contributed by atoms with Gasteiger partial charge in [0, 0.05) is 26.2 Å². The Morgan fingerprint density at radius 2 is 2.31 bits per heavy atom. The molecule has 0 fully saturated rings. The number of nitrogens with one attached hydrogen (secondary N) is 1. The average molecular weight is 242 g/mol. The molecule has 0 saturated heterocycles. The summed E-state index contributed by atoms with van der Waals surface area (Å²) in [5.41, 5.74) is 0. The third kappa shape index (κ3) is 3.05. The van der Waals surface area contributed by atoms with E-state index in [0.717, 1.165) is 0 Å². The number of rotatable bonds is 5. The molecule has 88 valence electrons. The average Bonchev–Trinajstić information content (AvgIpc) is 2.55. The van der Waals surface area contributed by atoms with Crippen LogP contribution in [0.1, 0.15) is 18.7 Å². The van der Waals surface area contributed by atoms with Crippen LogP contribution in [0.3, 0.4) is 0 Å². The molecule has 0 bridgehead atoms. The molecule has 6 nitrogen and oxygen atoms in total. The van der Waals surface area contributed by atoms with Gasteiger partial charge >= 0.3 is 0 Å². The van der Waals surface area contributed by atoms with Crippen LogP contribution in [0, 0.1) is 18.3 Å². The lowest BCUT2D eigenvalue weighted by molar-refractivity contribution is 0.576. The van der Waals surface area contributed by atoms with E-state index in [1.165, 1.54) is 6.20 Å². The third-order valence-corrected chi connectivity index (χ3v) is 3.45. The van der Waals surface area contributed by atoms with Crippen LogP contribution in [-0.4, -0.2) is 24.5 Å². The fraction of sp³-hybridized carbons (Fsp3) is 0.556. The van der Waals surface area contributed by atoms with E-state index in [2.05, 4.69) is 9.71 Å². The van der Waals surface area contributed by atoms with Gasteiger partial charge in [0.25, 0.3) is 10.0 Å². The van der Waals surface area contributed by atoms with Gasteiger partial charge in [-0.05, 0) is 13.3 Å². The summed E-state index contributed by atoms with van der Waals surface area (Å²) in [6, 6.07) is 1.95. The molecule has 1 rings (SSSR count). The number of nitriles is 1. The van der Waals surface area contributed by atoms with Gasteiger partial charge in [0.05, 0.1) is 6.07 Å². The number of nitrogens with zero attached hydrogens (tertiary/aromatic N) is 3. The van der Waals surface area contributed by atoms with E-state index in [-0.39, 0.29) is 11.6 Å². The van der Waals surface area contributed by atoms with Gasteiger partial charge in [-0.3, -0.25) is 0 Å². The molecule has 0 aromatic carbocycles. The van der Waals surface area contributed by atoms with Gasteiger partial charge in [-0.25, -0.2) is 18.1 Å². The minimum Gasteiger partial charge on any atom is -0.337 e. The summed E-state index contributed by atoms with van der Waals surface area (Å²) >= 11 is 0. The largest absolute Gasteiger partial charge is 0.337 e. The molecule has 0 aliphatic heterocycles. The van der Waals surface area contributed by atoms with Crippen molar-refractivity contribution in [3.8, 4) is 6.07 Å². The predicted octanol–water partition coefficient (Wildman–Crippen LogP) is 0.311. The Labute approximate surface area is 95.0 Å². The highest BCUT2D eigenvalue weighted by Gasteiger charge is 2.17. The lowest BCUT2D eigenvalue weighted by atomic mass is 10.3. The van der Waals surface area contributed by atoms with Crippen LogP contribution in [0.25, 0.3) is 0 Å². The predicted molar refractivity (Wildman–Crippen MR) is 58.0 cm³/mol. The Hall–Kier alpha value is -1.39. The summed E-state index contributed by atoms with van der Waals surface area (Å²) in [7, 11) is -1.80. The van der Waals surface area contributed by atoms with Crippen molar-refractivity contribution in [2.75, 3.05) is 6.54 Å². The van der Waals surface area contributed by atoms with E-state index in [9.17, 15) is 8.42 Å². The van der Waals surface area contributed by atoms with Crippen molar-refractivity contribution in [3.63, 3.8) is 0 Å². The van der Waals surface area contributed by atoms with Crippen LogP contribution in [0.5, 0.6) is 0 Å². The zero-order chi connectivity index (χ0) is 12.2. The summed E-state index contributed by atoms with van der Waals surface area (Å²) in [5.74, 6) is 0.636. The maximum atomic E-state index is 11.7. The topological polar surface area (TPSA) is 87.8 Å². The highest BCUT2D eigenvalue weighted by atomic mass is 32.2. The van der Waals surface area contributed by atoms with E-state index in [0.29, 0.717) is 18.7 Å². The van der Waals surface area contributed by atoms with Crippen LogP contribution < -0.4 is 4.72 Å². The van der Waals surface area contributed by atoms with Crippen LogP contribution >= 0.6 is 0 Å². The van der Waals surface area contributed by atoms with Crippen LogP contribution in [-0.2, 0) is 17.1 Å². The first-order valence-corrected chi connectivity index (χ1v) is 6.32. The minimum absolute atomic E-state index is 0.0180. The van der Waals surface area contributed by atoms with Crippen molar-refractivity contribution in [1.82, 2.24) is 14.3 Å². The summed E-state index contributed by atoms with van der Waals surface area (Å²) in [6.45, 7) is 1.99. The maximum Gasteiger partial charge on any atom is 0.259 e. The molecular formula is C9H14N4O2S. The van der Waals surface area contributed by atoms with Crippen molar-refractivity contribution in [2.24, 2.45) is 7.05 Å². The van der Waals surface area contributed by atoms with Gasteiger partial charge in [0.1, 0.15) is 5.82 Å². The zero-order valence-electron chi connectivity index (χ0n) is 9.27. The first kappa shape index (κ1) is 12.7. The molecule has 16 heavy (non-hydrogen) atoms. The maximum absolute atomic E-state index is 11.7. The molecule has 0 aliphatic carbocycles. The number of hydrogen-bond donors (Lipinski definition) is 1. The van der Waals surface area contributed by atoms with Crippen molar-refractivity contribution in [3.05, 3.63) is 12.0 Å². The minimum atomic E-state index is -3.53. The van der Waals surface area contributed by atoms with Crippen molar-refractivity contribution in [2.45, 2.75) is 24.8 Å². The zero-order valence-corrected chi connectivity index (χ0v) is 10.1. The van der Waals surface area contributed by atoms with E-state index in [1.54, 1.807) is 18.5 Å². The number of sulfonamides is 1. The van der Waals surface area contributed by atoms with Gasteiger partial charge in [0.2, 0.25) is 0 Å². The molecule has 0 spiro atoms. The molecule has 0 saturated carbocycles. The van der Waals surface area contributed by atoms with Crippen LogP contribution in [0.15, 0.2) is 11.2 Å². The van der Waals surface area contributed by atoms with E-state index in [1.807, 2.05) is 6.07 Å². The molecule has 1 aromatic rings. The third-order valence-electron chi connectivity index (χ3n) is 2.12. The number of hydrogen-bond acceptors (Lipinski definition) is 4. The second-order valence-corrected chi connectivity index (χ2v) is 5.11. The summed E-state index contributed by atoms with van der Waals surface area (Å²) in [5, 5.41) is 8.33. The number of unbranched alkanes of at least 4 members (excludes halogenated alkanes) is 1. The fourth-order valence-electron chi connectivity index (χ4n) is 1.10. The lowest BCUT2D eigenvalue weighted by Gasteiger charge is -2.01. The van der Waals surface area contributed by atoms with Gasteiger partial charge in [-0.1, -0.05) is 0 Å². The number of aromatic nitrogens is 2. The second-order valence-electron chi connectivity index (χ2n) is 3.40. The van der Waals surface area contributed by atoms with Crippen LogP contribution in [0.2, 0.25) is 0 Å². The standard InChI is InChI=1S/C9H14N4O2S/c1-8-12-9(7-13(8)2)16(14,15)11-6-4-3-5-10/h7,11H,3-4,6H2,1-2H3. The van der Waals surface area contributed by atoms with Crippen molar-refractivity contribution >= 4 is 10.0 Å². The fourth-order valence-corrected chi connectivity index (χ4v) is 2.21. The molecule has 0 radical (unpaired) electrons. The molecule has 7 heteroatoms. The molecule has 0 unspecified atom stereocenters. The highest BCUT2D eigenvalue weighted by Crippen LogP contribution is 2.07. The summed E-state index contributed by atoms with van der Waals surface area (Å²) in [6.07, 6.45) is 2.30. The van der Waals surface area contributed by atoms with Gasteiger partial charge < -0.3 is 4.57 Å². The highest BCUT2D eigenvalue weighted by molar-refractivity contribution is 7.89. The molecule has 0 aliphatic rings. The van der Waals surface area contributed by atoms with Crippen molar-refractivity contribution < 1.29 is 8.42 Å².